The van der Waals surface area contributed by atoms with Crippen molar-refractivity contribution in [2.45, 2.75) is 63.0 Å². The summed E-state index contributed by atoms with van der Waals surface area (Å²) in [4.78, 5) is 26.2. The van der Waals surface area contributed by atoms with Crippen LogP contribution in [0.1, 0.15) is 74.1 Å². The molecule has 0 bridgehead atoms. The Kier molecular flexibility index (Phi) is 6.36. The second-order valence-corrected chi connectivity index (χ2v) is 12.8. The number of methoxy groups -OCH3 is 1. The predicted molar refractivity (Wildman–Crippen MR) is 133 cm³/mol. The SMILES string of the molecule is COc1c(C2CC2c2ccc(CS(C)(=O)=O)cc2)cc(N2CCC(=O)CC2=O)cc1C(C)(C)C. The summed E-state index contributed by atoms with van der Waals surface area (Å²) in [5, 5.41) is 0. The summed E-state index contributed by atoms with van der Waals surface area (Å²) in [7, 11) is -1.38. The van der Waals surface area contributed by atoms with Gasteiger partial charge in [-0.15, -0.1) is 0 Å². The van der Waals surface area contributed by atoms with Crippen molar-refractivity contribution in [2.75, 3.05) is 24.8 Å². The number of Topliss-reactive ketones (excluding diaryl/α,β-unsaturated/α-hetero) is 1. The van der Waals surface area contributed by atoms with Crippen LogP contribution >= 0.6 is 0 Å². The molecule has 2 aromatic rings. The van der Waals surface area contributed by atoms with Crippen LogP contribution in [0.5, 0.6) is 5.75 Å². The summed E-state index contributed by atoms with van der Waals surface area (Å²) in [5.41, 5.74) is 4.72. The second kappa shape index (κ2) is 8.84. The van der Waals surface area contributed by atoms with Crippen LogP contribution in [0.2, 0.25) is 0 Å². The Balaban J connectivity index is 1.69. The molecular formula is C27H33NO5S. The van der Waals surface area contributed by atoms with E-state index in [1.54, 1.807) is 12.0 Å². The first-order valence-electron chi connectivity index (χ1n) is 11.7. The summed E-state index contributed by atoms with van der Waals surface area (Å²) >= 11 is 0. The molecule has 1 amide bonds. The number of carbonyl (C=O) groups is 2. The average Bonchev–Trinajstić information content (AvgIpc) is 3.52. The Bertz CT molecular complexity index is 1220. The van der Waals surface area contributed by atoms with Crippen molar-refractivity contribution in [1.29, 1.82) is 0 Å². The van der Waals surface area contributed by atoms with Crippen LogP contribution < -0.4 is 9.64 Å². The van der Waals surface area contributed by atoms with Crippen LogP contribution in [0.25, 0.3) is 0 Å². The zero-order valence-electron chi connectivity index (χ0n) is 20.6. The summed E-state index contributed by atoms with van der Waals surface area (Å²) in [6.07, 6.45) is 2.54. The van der Waals surface area contributed by atoms with Gasteiger partial charge in [-0.2, -0.15) is 0 Å². The molecule has 7 heteroatoms. The summed E-state index contributed by atoms with van der Waals surface area (Å²) in [5.74, 6) is 1.30. The summed E-state index contributed by atoms with van der Waals surface area (Å²) < 4.78 is 29.1. The number of nitrogens with zero attached hydrogens (tertiary/aromatic N) is 1. The van der Waals surface area contributed by atoms with Crippen LogP contribution in [-0.4, -0.2) is 40.0 Å². The van der Waals surface area contributed by atoms with Crippen LogP contribution in [-0.2, 0) is 30.6 Å². The van der Waals surface area contributed by atoms with E-state index in [1.807, 2.05) is 30.3 Å². The molecule has 2 fully saturated rings. The van der Waals surface area contributed by atoms with Gasteiger partial charge in [0, 0.05) is 36.0 Å². The monoisotopic (exact) mass is 483 g/mol. The van der Waals surface area contributed by atoms with E-state index in [4.69, 9.17) is 4.74 Å². The minimum Gasteiger partial charge on any atom is -0.496 e. The standard InChI is InChI=1S/C27H33NO5S/c1-27(2,3)24-13-19(28-11-10-20(29)14-25(28)30)12-23(26(24)33-4)22-15-21(22)18-8-6-17(7-9-18)16-34(5,31)32/h6-9,12-13,21-22H,10-11,14-16H2,1-5H3. The van der Waals surface area contributed by atoms with E-state index in [1.165, 1.54) is 11.8 Å². The lowest BCUT2D eigenvalue weighted by Gasteiger charge is -2.31. The lowest BCUT2D eigenvalue weighted by Crippen LogP contribution is -2.39. The van der Waals surface area contributed by atoms with Crippen molar-refractivity contribution < 1.29 is 22.7 Å². The van der Waals surface area contributed by atoms with Gasteiger partial charge in [-0.3, -0.25) is 9.59 Å². The van der Waals surface area contributed by atoms with E-state index in [9.17, 15) is 18.0 Å². The number of hydrogen-bond donors (Lipinski definition) is 0. The van der Waals surface area contributed by atoms with E-state index >= 15 is 0 Å². The summed E-state index contributed by atoms with van der Waals surface area (Å²) in [6.45, 7) is 6.80. The highest BCUT2D eigenvalue weighted by atomic mass is 32.2. The minimum absolute atomic E-state index is 0.00685. The van der Waals surface area contributed by atoms with Crippen molar-refractivity contribution in [2.24, 2.45) is 0 Å². The number of ether oxygens (including phenoxy) is 1. The van der Waals surface area contributed by atoms with E-state index < -0.39 is 9.84 Å². The molecule has 1 saturated heterocycles. The van der Waals surface area contributed by atoms with Gasteiger partial charge in [0.2, 0.25) is 5.91 Å². The van der Waals surface area contributed by atoms with Gasteiger partial charge in [-0.1, -0.05) is 45.0 Å². The number of carbonyl (C=O) groups excluding carboxylic acids is 2. The van der Waals surface area contributed by atoms with Crippen molar-refractivity contribution in [3.63, 3.8) is 0 Å². The zero-order valence-corrected chi connectivity index (χ0v) is 21.4. The predicted octanol–water partition coefficient (Wildman–Crippen LogP) is 4.50. The number of hydrogen-bond acceptors (Lipinski definition) is 5. The maximum Gasteiger partial charge on any atom is 0.234 e. The van der Waals surface area contributed by atoms with Gasteiger partial charge in [0.15, 0.2) is 9.84 Å². The minimum atomic E-state index is -3.07. The fourth-order valence-corrected chi connectivity index (χ4v) is 5.71. The maximum atomic E-state index is 12.7. The Morgan fingerprint density at radius 2 is 1.74 bits per heavy atom. The highest BCUT2D eigenvalue weighted by Gasteiger charge is 2.43. The number of rotatable bonds is 6. The molecule has 0 spiro atoms. The number of ketones is 1. The third-order valence-electron chi connectivity index (χ3n) is 6.72. The van der Waals surface area contributed by atoms with Crippen molar-refractivity contribution in [3.05, 3.63) is 58.7 Å². The van der Waals surface area contributed by atoms with Gasteiger partial charge in [0.05, 0.1) is 19.3 Å². The molecule has 6 nitrogen and oxygen atoms in total. The van der Waals surface area contributed by atoms with Crippen LogP contribution in [0, 0.1) is 0 Å². The van der Waals surface area contributed by atoms with Gasteiger partial charge in [0.1, 0.15) is 11.5 Å². The highest BCUT2D eigenvalue weighted by molar-refractivity contribution is 7.89. The quantitative estimate of drug-likeness (QED) is 0.565. The molecule has 2 aromatic carbocycles. The molecule has 1 aliphatic heterocycles. The molecule has 2 unspecified atom stereocenters. The number of anilines is 1. The fraction of sp³-hybridized carbons (Fsp3) is 0.481. The molecule has 0 radical (unpaired) electrons. The van der Waals surface area contributed by atoms with Gasteiger partial charge in [0.25, 0.3) is 0 Å². The maximum absolute atomic E-state index is 12.7. The Morgan fingerprint density at radius 1 is 1.06 bits per heavy atom. The van der Waals surface area contributed by atoms with E-state index in [2.05, 4.69) is 26.8 Å². The largest absolute Gasteiger partial charge is 0.496 e. The molecule has 0 N–H and O–H groups in total. The van der Waals surface area contributed by atoms with Gasteiger partial charge in [-0.25, -0.2) is 8.42 Å². The first kappa shape index (κ1) is 24.5. The van der Waals surface area contributed by atoms with E-state index in [0.29, 0.717) is 18.9 Å². The third-order valence-corrected chi connectivity index (χ3v) is 7.57. The Labute approximate surface area is 202 Å². The van der Waals surface area contributed by atoms with Gasteiger partial charge >= 0.3 is 0 Å². The first-order chi connectivity index (χ1) is 15.9. The lowest BCUT2D eigenvalue weighted by atomic mass is 9.83. The van der Waals surface area contributed by atoms with Gasteiger partial charge < -0.3 is 9.64 Å². The molecule has 2 atom stereocenters. The Morgan fingerprint density at radius 3 is 2.29 bits per heavy atom. The number of sulfone groups is 1. The molecule has 0 aromatic heterocycles. The third kappa shape index (κ3) is 5.19. The average molecular weight is 484 g/mol. The summed E-state index contributed by atoms with van der Waals surface area (Å²) in [6, 6.07) is 11.9. The molecule has 4 rings (SSSR count). The number of amides is 1. The lowest BCUT2D eigenvalue weighted by molar-refractivity contribution is -0.128. The molecule has 1 heterocycles. The molecular weight excluding hydrogens is 450 g/mol. The Hall–Kier alpha value is -2.67. The zero-order chi connectivity index (χ0) is 24.8. The van der Waals surface area contributed by atoms with Crippen molar-refractivity contribution in [3.8, 4) is 5.75 Å². The van der Waals surface area contributed by atoms with Crippen LogP contribution in [0.3, 0.4) is 0 Å². The second-order valence-electron chi connectivity index (χ2n) is 10.6. The van der Waals surface area contributed by atoms with Crippen molar-refractivity contribution >= 4 is 27.2 Å². The van der Waals surface area contributed by atoms with E-state index in [0.717, 1.165) is 34.5 Å². The molecule has 182 valence electrons. The van der Waals surface area contributed by atoms with Gasteiger partial charge in [-0.05, 0) is 46.9 Å². The molecule has 1 aliphatic carbocycles. The number of benzene rings is 2. The molecule has 1 saturated carbocycles. The topological polar surface area (TPSA) is 80.8 Å². The van der Waals surface area contributed by atoms with Crippen molar-refractivity contribution in [1.82, 2.24) is 0 Å². The van der Waals surface area contributed by atoms with Crippen LogP contribution in [0.4, 0.5) is 5.69 Å². The molecule has 2 aliphatic rings. The number of piperidine rings is 1. The smallest absolute Gasteiger partial charge is 0.234 e. The fourth-order valence-electron chi connectivity index (χ4n) is 4.91. The highest BCUT2D eigenvalue weighted by Crippen LogP contribution is 2.58. The van der Waals surface area contributed by atoms with E-state index in [-0.39, 0.29) is 35.2 Å². The molecule has 34 heavy (non-hydrogen) atoms. The van der Waals surface area contributed by atoms with Crippen LogP contribution in [0.15, 0.2) is 36.4 Å². The normalized spacial score (nSPS) is 21.0. The first-order valence-corrected chi connectivity index (χ1v) is 13.7.